The van der Waals surface area contributed by atoms with Crippen molar-refractivity contribution in [3.63, 3.8) is 0 Å². The Kier molecular flexibility index (Phi) is 3.98. The third-order valence-electron chi connectivity index (χ3n) is 4.16. The van der Waals surface area contributed by atoms with Crippen molar-refractivity contribution in [2.45, 2.75) is 25.3 Å². The molecular formula is C13H20N4O3. The van der Waals surface area contributed by atoms with E-state index in [-0.39, 0.29) is 11.8 Å². The minimum absolute atomic E-state index is 0.0271. The zero-order valence-corrected chi connectivity index (χ0v) is 11.5. The van der Waals surface area contributed by atoms with Crippen LogP contribution in [0, 0.1) is 0 Å². The van der Waals surface area contributed by atoms with Crippen LogP contribution in [0.1, 0.15) is 19.3 Å². The second-order valence-electron chi connectivity index (χ2n) is 5.44. The maximum absolute atomic E-state index is 12.3. The van der Waals surface area contributed by atoms with E-state index in [0.29, 0.717) is 24.6 Å². The fourth-order valence-corrected chi connectivity index (χ4v) is 2.98. The van der Waals surface area contributed by atoms with E-state index in [1.807, 2.05) is 4.90 Å². The molecule has 0 bridgehead atoms. The van der Waals surface area contributed by atoms with Crippen molar-refractivity contribution in [1.29, 1.82) is 0 Å². The minimum Gasteiger partial charge on any atom is -0.379 e. The lowest BCUT2D eigenvalue weighted by Gasteiger charge is -2.32. The predicted octanol–water partition coefficient (Wildman–Crippen LogP) is -0.814. The number of nitrogens with one attached hydrogen (secondary N) is 1. The number of hydrogen-bond acceptors (Lipinski definition) is 5. The molecule has 2 amide bonds. The van der Waals surface area contributed by atoms with Crippen molar-refractivity contribution < 1.29 is 14.3 Å². The van der Waals surface area contributed by atoms with Gasteiger partial charge >= 0.3 is 0 Å². The molecule has 0 aromatic rings. The van der Waals surface area contributed by atoms with E-state index in [1.165, 1.54) is 0 Å². The molecule has 0 aromatic carbocycles. The van der Waals surface area contributed by atoms with Gasteiger partial charge in [-0.15, -0.1) is 0 Å². The van der Waals surface area contributed by atoms with Crippen molar-refractivity contribution in [3.8, 4) is 0 Å². The van der Waals surface area contributed by atoms with Gasteiger partial charge in [0.15, 0.2) is 0 Å². The van der Waals surface area contributed by atoms with Gasteiger partial charge in [-0.3, -0.25) is 14.5 Å². The van der Waals surface area contributed by atoms with Crippen molar-refractivity contribution in [3.05, 3.63) is 0 Å². The van der Waals surface area contributed by atoms with Crippen LogP contribution >= 0.6 is 0 Å². The zero-order valence-electron chi connectivity index (χ0n) is 11.5. The average molecular weight is 280 g/mol. The van der Waals surface area contributed by atoms with Gasteiger partial charge in [-0.25, -0.2) is 5.43 Å². The van der Waals surface area contributed by atoms with E-state index < -0.39 is 0 Å². The SMILES string of the molecule is O=C1CCC(C(=O)N2CCC(N3CCOCC3)C2)=NN1. The number of hydrazone groups is 1. The predicted molar refractivity (Wildman–Crippen MR) is 72.2 cm³/mol. The molecule has 20 heavy (non-hydrogen) atoms. The number of nitrogens with zero attached hydrogens (tertiary/aromatic N) is 3. The van der Waals surface area contributed by atoms with E-state index >= 15 is 0 Å². The van der Waals surface area contributed by atoms with Crippen LogP contribution in [0.2, 0.25) is 0 Å². The zero-order chi connectivity index (χ0) is 13.9. The van der Waals surface area contributed by atoms with Gasteiger partial charge in [0.25, 0.3) is 5.91 Å². The molecule has 1 N–H and O–H groups in total. The van der Waals surface area contributed by atoms with Crippen LogP contribution in [-0.4, -0.2) is 72.8 Å². The molecule has 0 saturated carbocycles. The molecule has 0 aliphatic carbocycles. The Morgan fingerprint density at radius 2 is 2.05 bits per heavy atom. The maximum atomic E-state index is 12.3. The Morgan fingerprint density at radius 1 is 1.25 bits per heavy atom. The Bertz CT molecular complexity index is 431. The van der Waals surface area contributed by atoms with Crippen molar-refractivity contribution in [1.82, 2.24) is 15.2 Å². The molecule has 0 radical (unpaired) electrons. The number of morpholine rings is 1. The summed E-state index contributed by atoms with van der Waals surface area (Å²) in [6.45, 7) is 4.99. The standard InChI is InChI=1S/C13H20N4O3/c18-12-2-1-11(14-15-12)13(19)17-4-3-10(9-17)16-5-7-20-8-6-16/h10H,1-9H2,(H,15,18). The molecular weight excluding hydrogens is 260 g/mol. The highest BCUT2D eigenvalue weighted by Gasteiger charge is 2.33. The number of ether oxygens (including phenoxy) is 1. The number of amides is 2. The second-order valence-corrected chi connectivity index (χ2v) is 5.44. The largest absolute Gasteiger partial charge is 0.379 e. The molecule has 3 aliphatic heterocycles. The number of carbonyl (C=O) groups is 2. The van der Waals surface area contributed by atoms with Gasteiger partial charge in [-0.2, -0.15) is 5.10 Å². The van der Waals surface area contributed by atoms with E-state index in [2.05, 4.69) is 15.4 Å². The fourth-order valence-electron chi connectivity index (χ4n) is 2.98. The molecule has 3 aliphatic rings. The lowest BCUT2D eigenvalue weighted by molar-refractivity contribution is -0.124. The summed E-state index contributed by atoms with van der Waals surface area (Å²) >= 11 is 0. The highest BCUT2D eigenvalue weighted by atomic mass is 16.5. The first-order valence-electron chi connectivity index (χ1n) is 7.20. The van der Waals surface area contributed by atoms with E-state index in [0.717, 1.165) is 45.8 Å². The summed E-state index contributed by atoms with van der Waals surface area (Å²) in [4.78, 5) is 27.6. The fraction of sp³-hybridized carbons (Fsp3) is 0.769. The topological polar surface area (TPSA) is 74.2 Å². The first-order valence-corrected chi connectivity index (χ1v) is 7.20. The summed E-state index contributed by atoms with van der Waals surface area (Å²) in [5, 5.41) is 3.88. The molecule has 7 heteroatoms. The van der Waals surface area contributed by atoms with Gasteiger partial charge < -0.3 is 9.64 Å². The minimum atomic E-state index is -0.117. The van der Waals surface area contributed by atoms with E-state index in [4.69, 9.17) is 4.74 Å². The van der Waals surface area contributed by atoms with Gasteiger partial charge in [-0.05, 0) is 6.42 Å². The molecule has 110 valence electrons. The van der Waals surface area contributed by atoms with Crippen LogP contribution in [0.4, 0.5) is 0 Å². The van der Waals surface area contributed by atoms with E-state index in [9.17, 15) is 9.59 Å². The summed E-state index contributed by atoms with van der Waals surface area (Å²) in [5.41, 5.74) is 2.86. The van der Waals surface area contributed by atoms with Crippen LogP contribution in [0.15, 0.2) is 5.10 Å². The summed E-state index contributed by atoms with van der Waals surface area (Å²) in [6.07, 6.45) is 1.81. The van der Waals surface area contributed by atoms with E-state index in [1.54, 1.807) is 0 Å². The summed E-state index contributed by atoms with van der Waals surface area (Å²) in [5.74, 6) is -0.144. The Morgan fingerprint density at radius 3 is 2.75 bits per heavy atom. The van der Waals surface area contributed by atoms with Crippen molar-refractivity contribution >= 4 is 17.5 Å². The smallest absolute Gasteiger partial charge is 0.270 e. The Balaban J connectivity index is 1.56. The van der Waals surface area contributed by atoms with Crippen LogP contribution in [0.25, 0.3) is 0 Å². The molecule has 2 fully saturated rings. The van der Waals surface area contributed by atoms with Crippen LogP contribution in [0.3, 0.4) is 0 Å². The average Bonchev–Trinajstić information content (AvgIpc) is 2.98. The highest BCUT2D eigenvalue weighted by Crippen LogP contribution is 2.18. The maximum Gasteiger partial charge on any atom is 0.270 e. The first-order chi connectivity index (χ1) is 9.74. The van der Waals surface area contributed by atoms with Crippen molar-refractivity contribution in [2.75, 3.05) is 39.4 Å². The molecule has 1 unspecified atom stereocenters. The molecule has 7 nitrogen and oxygen atoms in total. The number of hydrogen-bond donors (Lipinski definition) is 1. The molecule has 2 saturated heterocycles. The quantitative estimate of drug-likeness (QED) is 0.717. The second kappa shape index (κ2) is 5.88. The van der Waals surface area contributed by atoms with Gasteiger partial charge in [0.05, 0.1) is 13.2 Å². The normalized spacial score (nSPS) is 28.2. The van der Waals surface area contributed by atoms with Crippen LogP contribution in [-0.2, 0) is 14.3 Å². The van der Waals surface area contributed by atoms with Crippen LogP contribution in [0.5, 0.6) is 0 Å². The monoisotopic (exact) mass is 280 g/mol. The lowest BCUT2D eigenvalue weighted by Crippen LogP contribution is -2.46. The molecule has 3 heterocycles. The number of rotatable bonds is 2. The molecule has 3 rings (SSSR count). The van der Waals surface area contributed by atoms with Gasteiger partial charge in [-0.1, -0.05) is 0 Å². The Labute approximate surface area is 117 Å². The van der Waals surface area contributed by atoms with Crippen LogP contribution < -0.4 is 5.43 Å². The number of likely N-dealkylation sites (tertiary alicyclic amines) is 1. The van der Waals surface area contributed by atoms with Gasteiger partial charge in [0, 0.05) is 45.1 Å². The highest BCUT2D eigenvalue weighted by molar-refractivity contribution is 6.39. The molecule has 0 spiro atoms. The third kappa shape index (κ3) is 2.83. The van der Waals surface area contributed by atoms with Crippen molar-refractivity contribution in [2.24, 2.45) is 5.10 Å². The molecule has 1 atom stereocenters. The summed E-state index contributed by atoms with van der Waals surface area (Å²) in [6, 6.07) is 0.432. The Hall–Kier alpha value is -1.47. The van der Waals surface area contributed by atoms with Gasteiger partial charge in [0.2, 0.25) is 5.91 Å². The lowest BCUT2D eigenvalue weighted by atomic mass is 10.1. The molecule has 0 aromatic heterocycles. The number of carbonyl (C=O) groups excluding carboxylic acids is 2. The summed E-state index contributed by atoms with van der Waals surface area (Å²) < 4.78 is 5.36. The third-order valence-corrected chi connectivity index (χ3v) is 4.16. The first kappa shape index (κ1) is 13.5. The van der Waals surface area contributed by atoms with Gasteiger partial charge in [0.1, 0.15) is 5.71 Å². The summed E-state index contributed by atoms with van der Waals surface area (Å²) in [7, 11) is 0.